The Morgan fingerprint density at radius 1 is 0.967 bits per heavy atom. The Labute approximate surface area is 176 Å². The van der Waals surface area contributed by atoms with Crippen LogP contribution < -0.4 is 10.2 Å². The number of urea groups is 1. The molecule has 1 aromatic carbocycles. The molecule has 5 amide bonds. The molecule has 1 saturated carbocycles. The maximum atomic E-state index is 12.6. The van der Waals surface area contributed by atoms with Crippen molar-refractivity contribution in [1.29, 1.82) is 0 Å². The van der Waals surface area contributed by atoms with Crippen LogP contribution in [0.15, 0.2) is 24.3 Å². The fourth-order valence-corrected chi connectivity index (χ4v) is 4.51. The molecule has 1 aliphatic carbocycles. The lowest BCUT2D eigenvalue weighted by Gasteiger charge is -2.32. The smallest absolute Gasteiger partial charge is 0.334 e. The Morgan fingerprint density at radius 3 is 2.23 bits per heavy atom. The number of hydrogen-bond donors (Lipinski definition) is 1. The van der Waals surface area contributed by atoms with Crippen LogP contribution in [-0.2, 0) is 14.4 Å². The number of benzene rings is 1. The van der Waals surface area contributed by atoms with E-state index in [1.807, 2.05) is 24.3 Å². The van der Waals surface area contributed by atoms with Crippen molar-refractivity contribution in [3.63, 3.8) is 0 Å². The first-order chi connectivity index (χ1) is 14.4. The standard InChI is InChI=1S/C22H28N4O4/c1-15-10-12-24(13-11-15)17-8-6-16(7-9-17)23-19(27)14-25-20(28)21(29)26(22(25)30)18-4-2-3-5-18/h6-9,15,18H,2-5,10-14H2,1H3,(H,23,27). The van der Waals surface area contributed by atoms with Gasteiger partial charge in [0.1, 0.15) is 6.54 Å². The second-order valence-electron chi connectivity index (χ2n) is 8.55. The Balaban J connectivity index is 1.34. The molecule has 3 fully saturated rings. The minimum atomic E-state index is -0.920. The molecule has 8 heteroatoms. The van der Waals surface area contributed by atoms with Gasteiger partial charge in [-0.3, -0.25) is 19.3 Å². The van der Waals surface area contributed by atoms with Gasteiger partial charge in [0.15, 0.2) is 0 Å². The third kappa shape index (κ3) is 4.04. The fourth-order valence-electron chi connectivity index (χ4n) is 4.51. The lowest BCUT2D eigenvalue weighted by molar-refractivity contribution is -0.144. The van der Waals surface area contributed by atoms with Crippen molar-refractivity contribution in [2.45, 2.75) is 51.5 Å². The van der Waals surface area contributed by atoms with Gasteiger partial charge in [-0.15, -0.1) is 0 Å². The van der Waals surface area contributed by atoms with Gasteiger partial charge in [0, 0.05) is 30.5 Å². The van der Waals surface area contributed by atoms with E-state index < -0.39 is 30.3 Å². The molecule has 0 aromatic heterocycles. The first kappa shape index (κ1) is 20.4. The molecule has 3 aliphatic rings. The highest BCUT2D eigenvalue weighted by Crippen LogP contribution is 2.28. The summed E-state index contributed by atoms with van der Waals surface area (Å²) in [6.45, 7) is 3.86. The van der Waals surface area contributed by atoms with Crippen LogP contribution in [-0.4, -0.2) is 59.2 Å². The van der Waals surface area contributed by atoms with E-state index in [9.17, 15) is 19.2 Å². The third-order valence-corrected chi connectivity index (χ3v) is 6.38. The van der Waals surface area contributed by atoms with Gasteiger partial charge in [-0.25, -0.2) is 9.69 Å². The van der Waals surface area contributed by atoms with Crippen molar-refractivity contribution in [3.8, 4) is 0 Å². The Morgan fingerprint density at radius 2 is 1.60 bits per heavy atom. The van der Waals surface area contributed by atoms with Crippen LogP contribution in [0.2, 0.25) is 0 Å². The predicted octanol–water partition coefficient (Wildman–Crippen LogP) is 2.59. The topological polar surface area (TPSA) is 90.0 Å². The van der Waals surface area contributed by atoms with Gasteiger partial charge in [-0.05, 0) is 55.9 Å². The second kappa shape index (κ2) is 8.45. The molecule has 0 unspecified atom stereocenters. The van der Waals surface area contributed by atoms with E-state index in [-0.39, 0.29) is 6.04 Å². The third-order valence-electron chi connectivity index (χ3n) is 6.38. The average molecular weight is 412 g/mol. The highest BCUT2D eigenvalue weighted by atomic mass is 16.2. The molecule has 2 aliphatic heterocycles. The van der Waals surface area contributed by atoms with Crippen molar-refractivity contribution >= 4 is 35.1 Å². The largest absolute Gasteiger partial charge is 0.372 e. The quantitative estimate of drug-likeness (QED) is 0.593. The fraction of sp³-hybridized carbons (Fsp3) is 0.545. The number of carbonyl (C=O) groups excluding carboxylic acids is 4. The molecule has 0 atom stereocenters. The molecule has 0 spiro atoms. The molecular formula is C22H28N4O4. The predicted molar refractivity (Wildman–Crippen MR) is 112 cm³/mol. The first-order valence-electron chi connectivity index (χ1n) is 10.8. The van der Waals surface area contributed by atoms with E-state index in [1.54, 1.807) is 0 Å². The summed E-state index contributed by atoms with van der Waals surface area (Å²) >= 11 is 0. The molecule has 160 valence electrons. The molecule has 8 nitrogen and oxygen atoms in total. The minimum absolute atomic E-state index is 0.229. The number of imide groups is 2. The Kier molecular flexibility index (Phi) is 5.74. The Hall–Kier alpha value is -2.90. The monoisotopic (exact) mass is 412 g/mol. The van der Waals surface area contributed by atoms with Crippen LogP contribution in [0.4, 0.5) is 16.2 Å². The van der Waals surface area contributed by atoms with Crippen LogP contribution in [0, 0.1) is 5.92 Å². The van der Waals surface area contributed by atoms with Crippen molar-refractivity contribution in [2.24, 2.45) is 5.92 Å². The molecule has 4 rings (SSSR count). The van der Waals surface area contributed by atoms with Gasteiger partial charge >= 0.3 is 17.8 Å². The van der Waals surface area contributed by atoms with Crippen LogP contribution in [0.3, 0.4) is 0 Å². The number of piperidine rings is 1. The second-order valence-corrected chi connectivity index (χ2v) is 8.55. The molecule has 1 aromatic rings. The van der Waals surface area contributed by atoms with Crippen molar-refractivity contribution in [2.75, 3.05) is 29.9 Å². The van der Waals surface area contributed by atoms with Gasteiger partial charge in [0.05, 0.1) is 0 Å². The molecule has 0 radical (unpaired) electrons. The summed E-state index contributed by atoms with van der Waals surface area (Å²) in [5, 5.41) is 2.71. The zero-order valence-corrected chi connectivity index (χ0v) is 17.3. The zero-order chi connectivity index (χ0) is 21.3. The van der Waals surface area contributed by atoms with Crippen molar-refractivity contribution in [1.82, 2.24) is 9.80 Å². The molecule has 2 saturated heterocycles. The first-order valence-corrected chi connectivity index (χ1v) is 10.8. The van der Waals surface area contributed by atoms with Crippen molar-refractivity contribution < 1.29 is 19.2 Å². The Bertz CT molecular complexity index is 839. The van der Waals surface area contributed by atoms with Crippen LogP contribution in [0.25, 0.3) is 0 Å². The molecule has 30 heavy (non-hydrogen) atoms. The van der Waals surface area contributed by atoms with E-state index in [0.717, 1.165) is 47.3 Å². The van der Waals surface area contributed by atoms with Crippen molar-refractivity contribution in [3.05, 3.63) is 24.3 Å². The minimum Gasteiger partial charge on any atom is -0.372 e. The molecule has 2 heterocycles. The zero-order valence-electron chi connectivity index (χ0n) is 17.3. The van der Waals surface area contributed by atoms with Gasteiger partial charge in [0.2, 0.25) is 5.91 Å². The maximum absolute atomic E-state index is 12.6. The number of nitrogens with one attached hydrogen (secondary N) is 1. The molecule has 0 bridgehead atoms. The number of anilines is 2. The number of rotatable bonds is 5. The summed E-state index contributed by atoms with van der Waals surface area (Å²) in [6.07, 6.45) is 5.64. The summed E-state index contributed by atoms with van der Waals surface area (Å²) in [7, 11) is 0. The van der Waals surface area contributed by atoms with Crippen LogP contribution in [0.5, 0.6) is 0 Å². The highest BCUT2D eigenvalue weighted by molar-refractivity contribution is 6.45. The van der Waals surface area contributed by atoms with E-state index in [1.165, 1.54) is 12.8 Å². The number of carbonyl (C=O) groups is 4. The van der Waals surface area contributed by atoms with Gasteiger partial charge in [0.25, 0.3) is 0 Å². The van der Waals surface area contributed by atoms with Gasteiger partial charge < -0.3 is 10.2 Å². The maximum Gasteiger partial charge on any atom is 0.334 e. The van der Waals surface area contributed by atoms with E-state index in [0.29, 0.717) is 18.5 Å². The summed E-state index contributed by atoms with van der Waals surface area (Å²) in [6, 6.07) is 6.64. The highest BCUT2D eigenvalue weighted by Gasteiger charge is 2.48. The summed E-state index contributed by atoms with van der Waals surface area (Å²) < 4.78 is 0. The summed E-state index contributed by atoms with van der Waals surface area (Å²) in [5.74, 6) is -1.48. The SMILES string of the molecule is CC1CCN(c2ccc(NC(=O)CN3C(=O)C(=O)N(C4CCCC4)C3=O)cc2)CC1. The number of hydrogen-bond acceptors (Lipinski definition) is 5. The average Bonchev–Trinajstić information content (AvgIpc) is 3.33. The van der Waals surface area contributed by atoms with Crippen LogP contribution in [0.1, 0.15) is 45.4 Å². The summed E-state index contributed by atoms with van der Waals surface area (Å²) in [4.78, 5) is 53.6. The molecule has 1 N–H and O–H groups in total. The lowest BCUT2D eigenvalue weighted by atomic mass is 9.99. The lowest BCUT2D eigenvalue weighted by Crippen LogP contribution is -2.41. The van der Waals surface area contributed by atoms with E-state index >= 15 is 0 Å². The van der Waals surface area contributed by atoms with Crippen LogP contribution >= 0.6 is 0 Å². The van der Waals surface area contributed by atoms with E-state index in [4.69, 9.17) is 0 Å². The van der Waals surface area contributed by atoms with E-state index in [2.05, 4.69) is 17.1 Å². The van der Waals surface area contributed by atoms with Gasteiger partial charge in [-0.1, -0.05) is 19.8 Å². The number of nitrogens with zero attached hydrogens (tertiary/aromatic N) is 3. The normalized spacial score (nSPS) is 21.1. The number of amides is 5. The van der Waals surface area contributed by atoms with Gasteiger partial charge in [-0.2, -0.15) is 0 Å². The molecular weight excluding hydrogens is 384 g/mol. The summed E-state index contributed by atoms with van der Waals surface area (Å²) in [5.41, 5.74) is 1.70.